The van der Waals surface area contributed by atoms with Gasteiger partial charge in [0.1, 0.15) is 0 Å². The summed E-state index contributed by atoms with van der Waals surface area (Å²) in [5, 5.41) is 0. The van der Waals surface area contributed by atoms with Gasteiger partial charge in [0.2, 0.25) is 5.91 Å². The molecule has 29 heavy (non-hydrogen) atoms. The van der Waals surface area contributed by atoms with E-state index >= 15 is 0 Å². The molecule has 5 heteroatoms. The number of methoxy groups -OCH3 is 1. The molecule has 4 rings (SSSR count). The first-order chi connectivity index (χ1) is 14.2. The molecule has 0 N–H and O–H groups in total. The number of nitrogens with zero attached hydrogens (tertiary/aromatic N) is 3. The third kappa shape index (κ3) is 4.67. The molecular formula is C24H35N3O2. The van der Waals surface area contributed by atoms with Crippen LogP contribution in [0, 0.1) is 5.41 Å². The van der Waals surface area contributed by atoms with Gasteiger partial charge in [-0.05, 0) is 62.9 Å². The number of likely N-dealkylation sites (tertiary alicyclic amines) is 1. The lowest BCUT2D eigenvalue weighted by molar-refractivity contribution is -0.144. The number of anilines is 1. The van der Waals surface area contributed by atoms with E-state index in [-0.39, 0.29) is 5.41 Å². The highest BCUT2D eigenvalue weighted by Gasteiger charge is 2.43. The molecule has 0 unspecified atom stereocenters. The predicted molar refractivity (Wildman–Crippen MR) is 117 cm³/mol. The fourth-order valence-electron chi connectivity index (χ4n) is 5.01. The summed E-state index contributed by atoms with van der Waals surface area (Å²) in [5.74, 6) is 0.328. The van der Waals surface area contributed by atoms with Crippen molar-refractivity contribution < 1.29 is 9.53 Å². The number of carbonyl (C=O) groups excluding carboxylic acids is 1. The van der Waals surface area contributed by atoms with Crippen LogP contribution < -0.4 is 4.90 Å². The van der Waals surface area contributed by atoms with Crippen LogP contribution in [0.2, 0.25) is 0 Å². The summed E-state index contributed by atoms with van der Waals surface area (Å²) >= 11 is 0. The summed E-state index contributed by atoms with van der Waals surface area (Å²) in [6.07, 6.45) is 9.78. The van der Waals surface area contributed by atoms with Crippen molar-refractivity contribution in [1.82, 2.24) is 9.80 Å². The molecule has 0 aliphatic carbocycles. The highest BCUT2D eigenvalue weighted by molar-refractivity contribution is 5.83. The summed E-state index contributed by atoms with van der Waals surface area (Å²) in [5.41, 5.74) is 2.52. The summed E-state index contributed by atoms with van der Waals surface area (Å²) in [6.45, 7) is 7.36. The SMILES string of the molecule is COCCN1CC=CCC2(CCN(Cc3ccc(N4CCCC4)cc3)CC2)C1=O. The molecule has 1 aromatic rings. The maximum Gasteiger partial charge on any atom is 0.229 e. The molecule has 3 aliphatic heterocycles. The Kier molecular flexibility index (Phi) is 6.56. The van der Waals surface area contributed by atoms with Crippen LogP contribution in [0.5, 0.6) is 0 Å². The maximum absolute atomic E-state index is 13.3. The molecule has 5 nitrogen and oxygen atoms in total. The van der Waals surface area contributed by atoms with E-state index in [1.54, 1.807) is 7.11 Å². The maximum atomic E-state index is 13.3. The number of hydrogen-bond acceptors (Lipinski definition) is 4. The van der Waals surface area contributed by atoms with Gasteiger partial charge >= 0.3 is 0 Å². The molecule has 0 bridgehead atoms. The van der Waals surface area contributed by atoms with Gasteiger partial charge in [-0.25, -0.2) is 0 Å². The van der Waals surface area contributed by atoms with E-state index in [0.29, 0.717) is 19.1 Å². The van der Waals surface area contributed by atoms with Crippen LogP contribution in [-0.2, 0) is 16.1 Å². The van der Waals surface area contributed by atoms with Crippen LogP contribution in [0.25, 0.3) is 0 Å². The third-order valence-corrected chi connectivity index (χ3v) is 6.93. The van der Waals surface area contributed by atoms with Crippen molar-refractivity contribution in [1.29, 1.82) is 0 Å². The van der Waals surface area contributed by atoms with Crippen molar-refractivity contribution in [2.75, 3.05) is 57.9 Å². The Labute approximate surface area is 175 Å². The quantitative estimate of drug-likeness (QED) is 0.690. The average molecular weight is 398 g/mol. The Morgan fingerprint density at radius 2 is 1.72 bits per heavy atom. The van der Waals surface area contributed by atoms with E-state index in [0.717, 1.165) is 45.4 Å². The third-order valence-electron chi connectivity index (χ3n) is 6.93. The number of rotatable bonds is 6. The van der Waals surface area contributed by atoms with E-state index in [2.05, 4.69) is 46.2 Å². The number of benzene rings is 1. The molecule has 158 valence electrons. The molecule has 0 radical (unpaired) electrons. The fraction of sp³-hybridized carbons (Fsp3) is 0.625. The van der Waals surface area contributed by atoms with E-state index < -0.39 is 0 Å². The van der Waals surface area contributed by atoms with Crippen molar-refractivity contribution in [3.05, 3.63) is 42.0 Å². The van der Waals surface area contributed by atoms with Gasteiger partial charge in [0, 0.05) is 45.5 Å². The lowest BCUT2D eigenvalue weighted by Crippen LogP contribution is -2.50. The molecule has 1 amide bonds. The van der Waals surface area contributed by atoms with Crippen molar-refractivity contribution >= 4 is 11.6 Å². The van der Waals surface area contributed by atoms with Crippen LogP contribution in [0.15, 0.2) is 36.4 Å². The molecule has 1 aromatic carbocycles. The molecule has 3 aliphatic rings. The Morgan fingerprint density at radius 1 is 1.00 bits per heavy atom. The zero-order valence-corrected chi connectivity index (χ0v) is 17.8. The number of carbonyl (C=O) groups is 1. The van der Waals surface area contributed by atoms with Gasteiger partial charge in [-0.1, -0.05) is 24.3 Å². The van der Waals surface area contributed by atoms with E-state index in [4.69, 9.17) is 4.74 Å². The lowest BCUT2D eigenvalue weighted by Gasteiger charge is -2.42. The van der Waals surface area contributed by atoms with Crippen molar-refractivity contribution in [2.45, 2.75) is 38.6 Å². The van der Waals surface area contributed by atoms with Crippen molar-refractivity contribution in [3.63, 3.8) is 0 Å². The van der Waals surface area contributed by atoms with Gasteiger partial charge < -0.3 is 14.5 Å². The number of amides is 1. The Hall–Kier alpha value is -1.85. The van der Waals surface area contributed by atoms with Crippen LogP contribution in [0.1, 0.15) is 37.7 Å². The first-order valence-corrected chi connectivity index (χ1v) is 11.2. The van der Waals surface area contributed by atoms with E-state index in [1.807, 2.05) is 4.90 Å². The fourth-order valence-corrected chi connectivity index (χ4v) is 5.01. The van der Waals surface area contributed by atoms with Crippen LogP contribution in [0.3, 0.4) is 0 Å². The second-order valence-corrected chi connectivity index (χ2v) is 8.84. The molecule has 3 heterocycles. The molecule has 2 saturated heterocycles. The summed E-state index contributed by atoms with van der Waals surface area (Å²) in [6, 6.07) is 9.12. The van der Waals surface area contributed by atoms with Gasteiger partial charge in [0.05, 0.1) is 12.0 Å². The molecule has 2 fully saturated rings. The predicted octanol–water partition coefficient (Wildman–Crippen LogP) is 3.30. The summed E-state index contributed by atoms with van der Waals surface area (Å²) < 4.78 is 5.20. The first-order valence-electron chi connectivity index (χ1n) is 11.2. The average Bonchev–Trinajstić information content (AvgIpc) is 3.25. The Morgan fingerprint density at radius 3 is 2.41 bits per heavy atom. The van der Waals surface area contributed by atoms with Gasteiger partial charge in [0.25, 0.3) is 0 Å². The number of allylic oxidation sites excluding steroid dienone is 1. The normalized spacial score (nSPS) is 22.4. The van der Waals surface area contributed by atoms with E-state index in [1.165, 1.54) is 37.2 Å². The smallest absolute Gasteiger partial charge is 0.229 e. The van der Waals surface area contributed by atoms with Gasteiger partial charge in [-0.15, -0.1) is 0 Å². The van der Waals surface area contributed by atoms with Crippen LogP contribution in [0.4, 0.5) is 5.69 Å². The summed E-state index contributed by atoms with van der Waals surface area (Å²) in [7, 11) is 1.70. The molecule has 0 atom stereocenters. The highest BCUT2D eigenvalue weighted by atomic mass is 16.5. The minimum atomic E-state index is -0.211. The topological polar surface area (TPSA) is 36.0 Å². The first kappa shape index (κ1) is 20.4. The van der Waals surface area contributed by atoms with Gasteiger partial charge in [-0.3, -0.25) is 9.69 Å². The van der Waals surface area contributed by atoms with Crippen molar-refractivity contribution in [2.24, 2.45) is 5.41 Å². The number of ether oxygens (including phenoxy) is 1. The second-order valence-electron chi connectivity index (χ2n) is 8.84. The molecule has 0 aromatic heterocycles. The zero-order chi connectivity index (χ0) is 20.1. The van der Waals surface area contributed by atoms with Crippen molar-refractivity contribution in [3.8, 4) is 0 Å². The second kappa shape index (κ2) is 9.31. The van der Waals surface area contributed by atoms with E-state index in [9.17, 15) is 4.79 Å². The van der Waals surface area contributed by atoms with Crippen LogP contribution >= 0.6 is 0 Å². The lowest BCUT2D eigenvalue weighted by atomic mass is 9.74. The number of hydrogen-bond donors (Lipinski definition) is 0. The Balaban J connectivity index is 1.33. The number of piperidine rings is 1. The molecule has 0 saturated carbocycles. The largest absolute Gasteiger partial charge is 0.383 e. The van der Waals surface area contributed by atoms with Gasteiger partial charge in [0.15, 0.2) is 0 Å². The standard InChI is InChI=1S/C24H35N3O2/c1-29-19-18-27-15-3-2-10-24(23(27)28)11-16-25(17-12-24)20-21-6-8-22(9-7-21)26-13-4-5-14-26/h2-3,6-9H,4-5,10-20H2,1H3. The monoisotopic (exact) mass is 397 g/mol. The Bertz CT molecular complexity index is 701. The molecular weight excluding hydrogens is 362 g/mol. The molecule has 1 spiro atoms. The highest BCUT2D eigenvalue weighted by Crippen LogP contribution is 2.39. The minimum absolute atomic E-state index is 0.211. The van der Waals surface area contributed by atoms with Crippen LogP contribution in [-0.4, -0.2) is 68.7 Å². The van der Waals surface area contributed by atoms with Gasteiger partial charge in [-0.2, -0.15) is 0 Å². The minimum Gasteiger partial charge on any atom is -0.383 e. The summed E-state index contributed by atoms with van der Waals surface area (Å²) in [4.78, 5) is 20.2. The zero-order valence-electron chi connectivity index (χ0n) is 17.8.